The number of amides is 2. The first kappa shape index (κ1) is 15.0. The minimum atomic E-state index is -0.253. The second-order valence-electron chi connectivity index (χ2n) is 4.72. The van der Waals surface area contributed by atoms with Crippen molar-refractivity contribution in [3.05, 3.63) is 28.7 Å². The summed E-state index contributed by atoms with van der Waals surface area (Å²) in [5, 5.41) is 5.38. The van der Waals surface area contributed by atoms with Gasteiger partial charge >= 0.3 is 0 Å². The summed E-state index contributed by atoms with van der Waals surface area (Å²) in [6, 6.07) is 7.32. The minimum absolute atomic E-state index is 0.0383. The van der Waals surface area contributed by atoms with Gasteiger partial charge in [-0.15, -0.1) is 0 Å². The van der Waals surface area contributed by atoms with E-state index >= 15 is 0 Å². The zero-order chi connectivity index (χ0) is 14.5. The van der Waals surface area contributed by atoms with Crippen LogP contribution in [-0.2, 0) is 14.3 Å². The Balaban J connectivity index is 1.81. The van der Waals surface area contributed by atoms with Gasteiger partial charge in [0.2, 0.25) is 11.8 Å². The van der Waals surface area contributed by atoms with Crippen molar-refractivity contribution < 1.29 is 14.3 Å². The van der Waals surface area contributed by atoms with E-state index in [1.54, 1.807) is 6.07 Å². The number of halogens is 1. The normalized spacial score (nSPS) is 21.5. The van der Waals surface area contributed by atoms with Crippen LogP contribution in [0, 0.1) is 5.92 Å². The van der Waals surface area contributed by atoms with E-state index in [4.69, 9.17) is 4.74 Å². The topological polar surface area (TPSA) is 67.4 Å². The molecule has 0 saturated carbocycles. The molecule has 1 aromatic carbocycles. The van der Waals surface area contributed by atoms with Crippen molar-refractivity contribution >= 4 is 33.4 Å². The van der Waals surface area contributed by atoms with E-state index in [0.717, 1.165) is 4.47 Å². The molecule has 1 fully saturated rings. The lowest BCUT2D eigenvalue weighted by molar-refractivity contribution is -0.128. The van der Waals surface area contributed by atoms with E-state index < -0.39 is 0 Å². The summed E-state index contributed by atoms with van der Waals surface area (Å²) in [7, 11) is 0. The molecule has 1 aliphatic heterocycles. The van der Waals surface area contributed by atoms with Gasteiger partial charge in [0, 0.05) is 11.1 Å². The van der Waals surface area contributed by atoms with E-state index in [1.807, 2.05) is 25.1 Å². The van der Waals surface area contributed by atoms with Gasteiger partial charge in [-0.05, 0) is 41.4 Å². The number of hydrogen-bond donors (Lipinski definition) is 2. The number of para-hydroxylation sites is 1. The Kier molecular flexibility index (Phi) is 5.14. The van der Waals surface area contributed by atoms with Crippen molar-refractivity contribution in [2.24, 2.45) is 5.92 Å². The molecule has 1 aliphatic rings. The Labute approximate surface area is 126 Å². The highest BCUT2D eigenvalue weighted by atomic mass is 79.9. The van der Waals surface area contributed by atoms with Crippen molar-refractivity contribution in [3.63, 3.8) is 0 Å². The Bertz CT molecular complexity index is 507. The summed E-state index contributed by atoms with van der Waals surface area (Å²) in [6.45, 7) is 2.43. The van der Waals surface area contributed by atoms with Crippen LogP contribution in [-0.4, -0.2) is 31.1 Å². The maximum atomic E-state index is 11.9. The van der Waals surface area contributed by atoms with Gasteiger partial charge in [-0.3, -0.25) is 9.59 Å². The fourth-order valence-electron chi connectivity index (χ4n) is 2.13. The number of nitrogens with one attached hydrogen (secondary N) is 2. The number of ether oxygens (including phenoxy) is 1. The summed E-state index contributed by atoms with van der Waals surface area (Å²) in [5.74, 6) is -0.541. The zero-order valence-corrected chi connectivity index (χ0v) is 12.8. The van der Waals surface area contributed by atoms with Crippen LogP contribution in [0.3, 0.4) is 0 Å². The number of hydrogen-bond acceptors (Lipinski definition) is 3. The Morgan fingerprint density at radius 3 is 2.80 bits per heavy atom. The van der Waals surface area contributed by atoms with Crippen molar-refractivity contribution in [1.82, 2.24) is 5.32 Å². The van der Waals surface area contributed by atoms with Crippen LogP contribution in [0.5, 0.6) is 0 Å². The molecule has 0 unspecified atom stereocenters. The molecule has 1 aromatic rings. The first-order valence-corrected chi connectivity index (χ1v) is 7.31. The highest BCUT2D eigenvalue weighted by molar-refractivity contribution is 9.10. The van der Waals surface area contributed by atoms with E-state index in [-0.39, 0.29) is 30.4 Å². The molecule has 2 N–H and O–H groups in total. The molecule has 1 saturated heterocycles. The minimum Gasteiger partial charge on any atom is -0.378 e. The maximum Gasteiger partial charge on any atom is 0.243 e. The van der Waals surface area contributed by atoms with Crippen molar-refractivity contribution in [2.45, 2.75) is 19.4 Å². The van der Waals surface area contributed by atoms with Crippen LogP contribution in [0.1, 0.15) is 13.3 Å². The molecule has 108 valence electrons. The highest BCUT2D eigenvalue weighted by Gasteiger charge is 2.30. The van der Waals surface area contributed by atoms with Crippen LogP contribution >= 0.6 is 15.9 Å². The quantitative estimate of drug-likeness (QED) is 0.879. The molecule has 0 radical (unpaired) electrons. The second kappa shape index (κ2) is 6.85. The molecular weight excluding hydrogens is 324 g/mol. The molecular formula is C14H17BrN2O3. The zero-order valence-electron chi connectivity index (χ0n) is 11.2. The molecule has 0 aromatic heterocycles. The van der Waals surface area contributed by atoms with Gasteiger partial charge in [-0.2, -0.15) is 0 Å². The van der Waals surface area contributed by atoms with Gasteiger partial charge in [0.15, 0.2) is 0 Å². The average molecular weight is 341 g/mol. The summed E-state index contributed by atoms with van der Waals surface area (Å²) in [4.78, 5) is 23.7. The fourth-order valence-corrected chi connectivity index (χ4v) is 2.52. The third-order valence-electron chi connectivity index (χ3n) is 3.28. The van der Waals surface area contributed by atoms with Crippen molar-refractivity contribution in [3.8, 4) is 0 Å². The predicted octanol–water partition coefficient (Wildman–Crippen LogP) is 1.93. The highest BCUT2D eigenvalue weighted by Crippen LogP contribution is 2.21. The Hall–Kier alpha value is -1.40. The van der Waals surface area contributed by atoms with Crippen molar-refractivity contribution in [2.75, 3.05) is 18.5 Å². The Morgan fingerprint density at radius 2 is 2.15 bits per heavy atom. The van der Waals surface area contributed by atoms with Gasteiger partial charge in [0.1, 0.15) is 0 Å². The standard InChI is InChI=1S/C14H17BrN2O3/c1-9-10(6-7-20-9)14(19)16-8-13(18)17-12-5-3-2-4-11(12)15/h2-5,9-10H,6-8H2,1H3,(H,16,19)(H,17,18)/t9-,10+/m0/s1. The largest absolute Gasteiger partial charge is 0.378 e. The summed E-state index contributed by atoms with van der Waals surface area (Å²) >= 11 is 3.35. The fraction of sp³-hybridized carbons (Fsp3) is 0.429. The smallest absolute Gasteiger partial charge is 0.243 e. The van der Waals surface area contributed by atoms with Gasteiger partial charge in [0.05, 0.1) is 24.3 Å². The van der Waals surface area contributed by atoms with Crippen LogP contribution in [0.15, 0.2) is 28.7 Å². The number of carbonyl (C=O) groups is 2. The first-order chi connectivity index (χ1) is 9.58. The number of carbonyl (C=O) groups excluding carboxylic acids is 2. The molecule has 6 heteroatoms. The lowest BCUT2D eigenvalue weighted by atomic mass is 10.0. The van der Waals surface area contributed by atoms with E-state index in [1.165, 1.54) is 0 Å². The molecule has 2 amide bonds. The van der Waals surface area contributed by atoms with Crippen molar-refractivity contribution in [1.29, 1.82) is 0 Å². The number of benzene rings is 1. The molecule has 2 rings (SSSR count). The molecule has 2 atom stereocenters. The van der Waals surface area contributed by atoms with E-state index in [9.17, 15) is 9.59 Å². The van der Waals surface area contributed by atoms with Gasteiger partial charge in [-0.25, -0.2) is 0 Å². The molecule has 20 heavy (non-hydrogen) atoms. The van der Waals surface area contributed by atoms with E-state index in [0.29, 0.717) is 18.7 Å². The number of anilines is 1. The summed E-state index contributed by atoms with van der Waals surface area (Å²) in [6.07, 6.45) is 0.625. The third kappa shape index (κ3) is 3.80. The molecule has 0 spiro atoms. The van der Waals surface area contributed by atoms with Gasteiger partial charge < -0.3 is 15.4 Å². The van der Waals surface area contributed by atoms with Gasteiger partial charge in [-0.1, -0.05) is 12.1 Å². The summed E-state index contributed by atoms with van der Waals surface area (Å²) in [5.41, 5.74) is 0.685. The molecule has 0 aliphatic carbocycles. The first-order valence-electron chi connectivity index (χ1n) is 6.51. The monoisotopic (exact) mass is 340 g/mol. The third-order valence-corrected chi connectivity index (χ3v) is 3.98. The maximum absolute atomic E-state index is 11.9. The predicted molar refractivity (Wildman–Crippen MR) is 79.3 cm³/mol. The van der Waals surface area contributed by atoms with Gasteiger partial charge in [0.25, 0.3) is 0 Å². The lowest BCUT2D eigenvalue weighted by Crippen LogP contribution is -2.38. The second-order valence-corrected chi connectivity index (χ2v) is 5.57. The van der Waals surface area contributed by atoms with Crippen LogP contribution in [0.4, 0.5) is 5.69 Å². The average Bonchev–Trinajstić information content (AvgIpc) is 2.85. The lowest BCUT2D eigenvalue weighted by Gasteiger charge is -2.14. The van der Waals surface area contributed by atoms with Crippen LogP contribution in [0.2, 0.25) is 0 Å². The SMILES string of the molecule is C[C@@H]1OCC[C@H]1C(=O)NCC(=O)Nc1ccccc1Br. The Morgan fingerprint density at radius 1 is 1.40 bits per heavy atom. The number of rotatable bonds is 4. The molecule has 1 heterocycles. The molecule has 0 bridgehead atoms. The van der Waals surface area contributed by atoms with Crippen LogP contribution < -0.4 is 10.6 Å². The molecule has 5 nitrogen and oxygen atoms in total. The van der Waals surface area contributed by atoms with Crippen LogP contribution in [0.25, 0.3) is 0 Å². The summed E-state index contributed by atoms with van der Waals surface area (Å²) < 4.78 is 6.14. The van der Waals surface area contributed by atoms with E-state index in [2.05, 4.69) is 26.6 Å².